The van der Waals surface area contributed by atoms with Crippen LogP contribution in [0, 0.1) is 0 Å². The van der Waals surface area contributed by atoms with Crippen LogP contribution in [0.1, 0.15) is 6.42 Å². The highest BCUT2D eigenvalue weighted by molar-refractivity contribution is 7.52. The Balaban J connectivity index is 2.06. The van der Waals surface area contributed by atoms with E-state index in [9.17, 15) is 4.57 Å². The van der Waals surface area contributed by atoms with Gasteiger partial charge in [-0.15, -0.1) is 0 Å². The summed E-state index contributed by atoms with van der Waals surface area (Å²) in [7, 11) is -3.09. The summed E-state index contributed by atoms with van der Waals surface area (Å²) in [6.45, 7) is 1.15. The first-order valence-corrected chi connectivity index (χ1v) is 6.07. The van der Waals surface area contributed by atoms with Gasteiger partial charge < -0.3 is 4.52 Å². The highest BCUT2D eigenvalue weighted by atomic mass is 31.2. The summed E-state index contributed by atoms with van der Waals surface area (Å²) >= 11 is 0. The van der Waals surface area contributed by atoms with Gasteiger partial charge in [0.15, 0.2) is 0 Å². The van der Waals surface area contributed by atoms with Crippen LogP contribution in [0.4, 0.5) is 0 Å². The Morgan fingerprint density at radius 1 is 1.36 bits per heavy atom. The summed E-state index contributed by atoms with van der Waals surface area (Å²) in [6.07, 6.45) is 0.863. The monoisotopic (exact) mass is 213 g/mol. The van der Waals surface area contributed by atoms with Gasteiger partial charge in [0.25, 0.3) is 0 Å². The number of nitrogens with one attached hydrogen (secondary N) is 1. The fourth-order valence-corrected chi connectivity index (χ4v) is 2.61. The van der Waals surface area contributed by atoms with Crippen molar-refractivity contribution >= 4 is 7.75 Å². The molecule has 0 saturated carbocycles. The number of benzene rings is 1. The standard InChI is InChI=1S/C9H12NO3P/c11-14(10-7-4-8-12-14)13-9-5-2-1-3-6-9/h1-3,5-6H,4,7-8H2,(H,10,11)/t14-/m1/s1. The molecule has 76 valence electrons. The molecular formula is C9H12NO3P. The van der Waals surface area contributed by atoms with Crippen LogP contribution in [0.15, 0.2) is 30.3 Å². The Kier molecular flexibility index (Phi) is 2.87. The summed E-state index contributed by atoms with van der Waals surface area (Å²) in [5.74, 6) is 0.560. The SMILES string of the molecule is O=[P@]1(Oc2ccccc2)NCCCO1. The summed E-state index contributed by atoms with van der Waals surface area (Å²) < 4.78 is 22.2. The molecule has 1 aromatic rings. The second-order valence-corrected chi connectivity index (χ2v) is 4.75. The lowest BCUT2D eigenvalue weighted by molar-refractivity contribution is 0.231. The van der Waals surface area contributed by atoms with E-state index < -0.39 is 7.75 Å². The lowest BCUT2D eigenvalue weighted by Gasteiger charge is -2.23. The van der Waals surface area contributed by atoms with E-state index in [2.05, 4.69) is 5.09 Å². The third kappa shape index (κ3) is 2.35. The minimum Gasteiger partial charge on any atom is -0.413 e. The van der Waals surface area contributed by atoms with Crippen LogP contribution in [-0.2, 0) is 9.09 Å². The first-order chi connectivity index (χ1) is 6.79. The molecule has 5 heteroatoms. The van der Waals surface area contributed by atoms with Gasteiger partial charge in [0.1, 0.15) is 5.75 Å². The Labute approximate surface area is 82.8 Å². The van der Waals surface area contributed by atoms with Gasteiger partial charge >= 0.3 is 7.75 Å². The predicted molar refractivity (Wildman–Crippen MR) is 53.2 cm³/mol. The van der Waals surface area contributed by atoms with E-state index in [1.807, 2.05) is 18.2 Å². The topological polar surface area (TPSA) is 47.6 Å². The highest BCUT2D eigenvalue weighted by Crippen LogP contribution is 2.45. The zero-order chi connectivity index (χ0) is 9.86. The summed E-state index contributed by atoms with van der Waals surface area (Å²) in [6, 6.07) is 9.02. The van der Waals surface area contributed by atoms with Crippen molar-refractivity contribution in [3.8, 4) is 5.75 Å². The fraction of sp³-hybridized carbons (Fsp3) is 0.333. The summed E-state index contributed by atoms with van der Waals surface area (Å²) in [5.41, 5.74) is 0. The van der Waals surface area contributed by atoms with Gasteiger partial charge in [-0.05, 0) is 18.6 Å². The molecule has 0 radical (unpaired) electrons. The smallest absolute Gasteiger partial charge is 0.413 e. The lowest BCUT2D eigenvalue weighted by atomic mass is 10.3. The fourth-order valence-electron chi connectivity index (χ4n) is 1.20. The largest absolute Gasteiger partial charge is 0.458 e. The van der Waals surface area contributed by atoms with Gasteiger partial charge in [0.2, 0.25) is 0 Å². The van der Waals surface area contributed by atoms with Gasteiger partial charge in [-0.1, -0.05) is 18.2 Å². The van der Waals surface area contributed by atoms with Crippen LogP contribution in [-0.4, -0.2) is 13.2 Å². The molecule has 2 rings (SSSR count). The predicted octanol–water partition coefficient (Wildman–Crippen LogP) is 2.18. The molecule has 1 heterocycles. The van der Waals surface area contributed by atoms with Crippen molar-refractivity contribution in [1.29, 1.82) is 0 Å². The van der Waals surface area contributed by atoms with Crippen molar-refractivity contribution in [3.05, 3.63) is 30.3 Å². The molecular weight excluding hydrogens is 201 g/mol. The molecule has 1 N–H and O–H groups in total. The molecule has 14 heavy (non-hydrogen) atoms. The van der Waals surface area contributed by atoms with E-state index in [0.29, 0.717) is 18.9 Å². The average Bonchev–Trinajstić information content (AvgIpc) is 2.19. The summed E-state index contributed by atoms with van der Waals surface area (Å²) in [4.78, 5) is 0. The Morgan fingerprint density at radius 2 is 2.14 bits per heavy atom. The molecule has 1 aromatic carbocycles. The van der Waals surface area contributed by atoms with E-state index in [1.165, 1.54) is 0 Å². The maximum atomic E-state index is 11.8. The van der Waals surface area contributed by atoms with Crippen molar-refractivity contribution in [2.24, 2.45) is 0 Å². The second kappa shape index (κ2) is 4.13. The van der Waals surface area contributed by atoms with Crippen molar-refractivity contribution in [1.82, 2.24) is 5.09 Å². The summed E-state index contributed by atoms with van der Waals surface area (Å²) in [5, 5.41) is 2.76. The third-order valence-corrected chi connectivity index (χ3v) is 3.44. The van der Waals surface area contributed by atoms with E-state index >= 15 is 0 Å². The van der Waals surface area contributed by atoms with Crippen molar-refractivity contribution in [2.45, 2.75) is 6.42 Å². The van der Waals surface area contributed by atoms with Crippen LogP contribution in [0.25, 0.3) is 0 Å². The normalized spacial score (nSPS) is 27.1. The molecule has 1 atom stereocenters. The minimum atomic E-state index is -3.09. The van der Waals surface area contributed by atoms with E-state index in [0.717, 1.165) is 6.42 Å². The Hall–Kier alpha value is -0.830. The highest BCUT2D eigenvalue weighted by Gasteiger charge is 2.28. The Morgan fingerprint density at radius 3 is 2.79 bits per heavy atom. The maximum Gasteiger partial charge on any atom is 0.458 e. The van der Waals surface area contributed by atoms with E-state index in [1.54, 1.807) is 12.1 Å². The van der Waals surface area contributed by atoms with E-state index in [-0.39, 0.29) is 0 Å². The van der Waals surface area contributed by atoms with Gasteiger partial charge in [0.05, 0.1) is 6.61 Å². The third-order valence-electron chi connectivity index (χ3n) is 1.86. The van der Waals surface area contributed by atoms with Crippen LogP contribution in [0.5, 0.6) is 5.75 Å². The van der Waals surface area contributed by atoms with Gasteiger partial charge in [-0.25, -0.2) is 9.65 Å². The number of rotatable bonds is 2. The zero-order valence-corrected chi connectivity index (χ0v) is 8.57. The lowest BCUT2D eigenvalue weighted by Crippen LogP contribution is -2.24. The maximum absolute atomic E-state index is 11.8. The van der Waals surface area contributed by atoms with Gasteiger partial charge in [-0.3, -0.25) is 4.52 Å². The van der Waals surface area contributed by atoms with Crippen LogP contribution in [0.2, 0.25) is 0 Å². The average molecular weight is 213 g/mol. The molecule has 0 amide bonds. The van der Waals surface area contributed by atoms with Gasteiger partial charge in [-0.2, -0.15) is 0 Å². The van der Waals surface area contributed by atoms with Crippen LogP contribution in [0.3, 0.4) is 0 Å². The second-order valence-electron chi connectivity index (χ2n) is 3.00. The Bertz CT molecular complexity index is 331. The minimum absolute atomic E-state index is 0.483. The molecule has 0 spiro atoms. The van der Waals surface area contributed by atoms with Crippen LogP contribution >= 0.6 is 7.75 Å². The molecule has 1 aliphatic rings. The van der Waals surface area contributed by atoms with Gasteiger partial charge in [0, 0.05) is 6.54 Å². The molecule has 0 unspecified atom stereocenters. The zero-order valence-electron chi connectivity index (χ0n) is 7.68. The molecule has 0 aliphatic carbocycles. The molecule has 4 nitrogen and oxygen atoms in total. The van der Waals surface area contributed by atoms with E-state index in [4.69, 9.17) is 9.05 Å². The first-order valence-electron chi connectivity index (χ1n) is 4.53. The molecule has 1 fully saturated rings. The molecule has 1 saturated heterocycles. The van der Waals surface area contributed by atoms with Crippen molar-refractivity contribution < 1.29 is 13.6 Å². The quantitative estimate of drug-likeness (QED) is 0.765. The first kappa shape index (κ1) is 9.71. The number of hydrogen-bond acceptors (Lipinski definition) is 3. The molecule has 0 aromatic heterocycles. The molecule has 1 aliphatic heterocycles. The van der Waals surface area contributed by atoms with Crippen LogP contribution < -0.4 is 9.61 Å². The van der Waals surface area contributed by atoms with Crippen molar-refractivity contribution in [3.63, 3.8) is 0 Å². The number of hydrogen-bond donors (Lipinski definition) is 1. The number of para-hydroxylation sites is 1. The van der Waals surface area contributed by atoms with Crippen molar-refractivity contribution in [2.75, 3.05) is 13.2 Å². The molecule has 0 bridgehead atoms.